The Kier molecular flexibility index (Phi) is 7.90. The molecule has 3 aliphatic carbocycles. The monoisotopic (exact) mass is 468 g/mol. The van der Waals surface area contributed by atoms with Gasteiger partial charge >= 0.3 is 0 Å². The van der Waals surface area contributed by atoms with E-state index >= 15 is 0 Å². The van der Waals surface area contributed by atoms with Crippen LogP contribution in [0.3, 0.4) is 0 Å². The molecule has 180 valence electrons. The molecule has 6 atom stereocenters. The third-order valence-electron chi connectivity index (χ3n) is 8.58. The molecule has 0 radical (unpaired) electrons. The molecule has 0 spiro atoms. The third kappa shape index (κ3) is 5.35. The molecule has 4 heteroatoms. The topological polar surface area (TPSA) is 60.7 Å². The molecule has 0 bridgehead atoms. The summed E-state index contributed by atoms with van der Waals surface area (Å²) in [6.07, 6.45) is 10.6. The number of thioether (sulfide) groups is 1. The van der Waals surface area contributed by atoms with Gasteiger partial charge in [0.05, 0.1) is 18.8 Å². The highest BCUT2D eigenvalue weighted by Crippen LogP contribution is 2.59. The van der Waals surface area contributed by atoms with Gasteiger partial charge in [-0.05, 0) is 90.5 Å². The quantitative estimate of drug-likeness (QED) is 0.445. The lowest BCUT2D eigenvalue weighted by atomic mass is 9.61. The van der Waals surface area contributed by atoms with Crippen molar-refractivity contribution in [3.8, 4) is 0 Å². The van der Waals surface area contributed by atoms with Crippen LogP contribution in [0.15, 0.2) is 64.6 Å². The van der Waals surface area contributed by atoms with E-state index in [1.165, 1.54) is 30.6 Å². The highest BCUT2D eigenvalue weighted by atomic mass is 32.2. The Bertz CT molecular complexity index is 919. The minimum absolute atomic E-state index is 0.100. The number of benzene rings is 1. The fraction of sp³-hybridized carbons (Fsp3) is 0.586. The summed E-state index contributed by atoms with van der Waals surface area (Å²) in [6.45, 7) is 9.12. The van der Waals surface area contributed by atoms with Gasteiger partial charge in [-0.2, -0.15) is 0 Å². The van der Waals surface area contributed by atoms with Crippen LogP contribution in [0.2, 0.25) is 0 Å². The number of hydrogen-bond donors (Lipinski definition) is 3. The molecule has 3 N–H and O–H groups in total. The standard InChI is InChI=1S/C29H40O3S/c1-19(18-33-25-8-4-6-21(14-25)17-30)26-11-12-27-22(7-5-13-29(26,27)3)9-10-23-15-24(31)16-28(32)20(23)2/h4,6,8-10,14,19,24,26-28,30-32H,2,5,7,11-13,15-18H2,1,3H3/b22-9+,23-10-/t19-,24+,26?,27?,28-,29+/m0/s1. The maximum atomic E-state index is 10.2. The molecule has 4 rings (SSSR count). The van der Waals surface area contributed by atoms with Gasteiger partial charge in [-0.3, -0.25) is 0 Å². The number of hydrogen-bond acceptors (Lipinski definition) is 4. The predicted octanol–water partition coefficient (Wildman–Crippen LogP) is 6.05. The van der Waals surface area contributed by atoms with Gasteiger partial charge in [-0.15, -0.1) is 11.8 Å². The first-order valence-corrected chi connectivity index (χ1v) is 13.6. The molecule has 1 aromatic carbocycles. The molecule has 3 aliphatic rings. The fourth-order valence-corrected chi connectivity index (χ4v) is 7.85. The summed E-state index contributed by atoms with van der Waals surface area (Å²) in [4.78, 5) is 1.25. The number of aliphatic hydroxyl groups excluding tert-OH is 3. The van der Waals surface area contributed by atoms with Crippen LogP contribution in [0.1, 0.15) is 64.4 Å². The summed E-state index contributed by atoms with van der Waals surface area (Å²) < 4.78 is 0. The molecule has 1 aromatic rings. The lowest BCUT2D eigenvalue weighted by molar-refractivity contribution is 0.0862. The molecular formula is C29H40O3S. The van der Waals surface area contributed by atoms with E-state index in [1.807, 2.05) is 23.9 Å². The van der Waals surface area contributed by atoms with Crippen LogP contribution in [-0.2, 0) is 6.61 Å². The van der Waals surface area contributed by atoms with Crippen molar-refractivity contribution in [2.75, 3.05) is 5.75 Å². The first-order chi connectivity index (χ1) is 15.8. The molecule has 3 saturated carbocycles. The van der Waals surface area contributed by atoms with Crippen molar-refractivity contribution in [1.82, 2.24) is 0 Å². The maximum Gasteiger partial charge on any atom is 0.0811 e. The summed E-state index contributed by atoms with van der Waals surface area (Å²) in [5.41, 5.74) is 4.66. The SMILES string of the molecule is C=C1/C(=C\C=C2/CCC[C@@]3(C)C2CCC3[C@@H](C)CSc2cccc(CO)c2)C[C@@H](O)C[C@@H]1O. The Labute approximate surface area is 203 Å². The van der Waals surface area contributed by atoms with Crippen molar-refractivity contribution in [3.63, 3.8) is 0 Å². The van der Waals surface area contributed by atoms with Gasteiger partial charge in [-0.1, -0.05) is 50.3 Å². The summed E-state index contributed by atoms with van der Waals surface area (Å²) in [5.74, 6) is 3.11. The van der Waals surface area contributed by atoms with Crippen LogP contribution in [0.5, 0.6) is 0 Å². The molecule has 3 nitrogen and oxygen atoms in total. The van der Waals surface area contributed by atoms with Crippen molar-refractivity contribution >= 4 is 11.8 Å². The number of rotatable bonds is 6. The van der Waals surface area contributed by atoms with E-state index in [1.54, 1.807) is 5.57 Å². The second-order valence-corrected chi connectivity index (χ2v) is 11.9. The van der Waals surface area contributed by atoms with E-state index in [2.05, 4.69) is 44.7 Å². The average molecular weight is 469 g/mol. The maximum absolute atomic E-state index is 10.2. The Morgan fingerprint density at radius 1 is 1.24 bits per heavy atom. The van der Waals surface area contributed by atoms with Gasteiger partial charge in [0.2, 0.25) is 0 Å². The second kappa shape index (κ2) is 10.5. The Morgan fingerprint density at radius 3 is 2.85 bits per heavy atom. The molecule has 0 heterocycles. The molecule has 2 unspecified atom stereocenters. The highest BCUT2D eigenvalue weighted by Gasteiger charge is 2.50. The molecule has 0 saturated heterocycles. The lowest BCUT2D eigenvalue weighted by Crippen LogP contribution is -2.36. The Hall–Kier alpha value is -1.33. The minimum Gasteiger partial charge on any atom is -0.393 e. The van der Waals surface area contributed by atoms with Crippen LogP contribution in [0.4, 0.5) is 0 Å². The molecule has 33 heavy (non-hydrogen) atoms. The lowest BCUT2D eigenvalue weighted by Gasteiger charge is -2.44. The van der Waals surface area contributed by atoms with E-state index < -0.39 is 12.2 Å². The average Bonchev–Trinajstić information content (AvgIpc) is 3.16. The highest BCUT2D eigenvalue weighted by molar-refractivity contribution is 7.99. The van der Waals surface area contributed by atoms with Crippen molar-refractivity contribution in [2.45, 2.75) is 82.5 Å². The largest absolute Gasteiger partial charge is 0.393 e. The van der Waals surface area contributed by atoms with E-state index in [0.29, 0.717) is 30.1 Å². The summed E-state index contributed by atoms with van der Waals surface area (Å²) in [6, 6.07) is 8.28. The van der Waals surface area contributed by atoms with Crippen molar-refractivity contribution in [2.24, 2.45) is 23.2 Å². The van der Waals surface area contributed by atoms with E-state index in [-0.39, 0.29) is 6.61 Å². The number of aliphatic hydroxyl groups is 3. The molecular weight excluding hydrogens is 428 g/mol. The van der Waals surface area contributed by atoms with Crippen molar-refractivity contribution in [1.29, 1.82) is 0 Å². The fourth-order valence-electron chi connectivity index (χ4n) is 6.76. The zero-order valence-electron chi connectivity index (χ0n) is 20.2. The van der Waals surface area contributed by atoms with Gasteiger partial charge in [0.25, 0.3) is 0 Å². The molecule has 0 aromatic heterocycles. The predicted molar refractivity (Wildman–Crippen MR) is 137 cm³/mol. The van der Waals surface area contributed by atoms with Crippen molar-refractivity contribution < 1.29 is 15.3 Å². The van der Waals surface area contributed by atoms with Crippen LogP contribution in [0.25, 0.3) is 0 Å². The number of allylic oxidation sites excluding steroid dienone is 3. The second-order valence-electron chi connectivity index (χ2n) is 10.8. The van der Waals surface area contributed by atoms with Gasteiger partial charge in [-0.25, -0.2) is 0 Å². The Balaban J connectivity index is 1.45. The summed E-state index contributed by atoms with van der Waals surface area (Å²) in [7, 11) is 0. The van der Waals surface area contributed by atoms with Gasteiger partial charge in [0, 0.05) is 17.1 Å². The third-order valence-corrected chi connectivity index (χ3v) is 9.86. The van der Waals surface area contributed by atoms with Gasteiger partial charge in [0.15, 0.2) is 0 Å². The molecule has 0 aliphatic heterocycles. The smallest absolute Gasteiger partial charge is 0.0811 e. The van der Waals surface area contributed by atoms with Crippen LogP contribution in [-0.4, -0.2) is 33.3 Å². The van der Waals surface area contributed by atoms with Gasteiger partial charge in [0.1, 0.15) is 0 Å². The van der Waals surface area contributed by atoms with Crippen LogP contribution < -0.4 is 0 Å². The van der Waals surface area contributed by atoms with Crippen LogP contribution in [0, 0.1) is 23.2 Å². The van der Waals surface area contributed by atoms with E-state index in [4.69, 9.17) is 0 Å². The normalized spacial score (nSPS) is 35.7. The zero-order chi connectivity index (χ0) is 23.6. The summed E-state index contributed by atoms with van der Waals surface area (Å²) >= 11 is 1.92. The first-order valence-electron chi connectivity index (χ1n) is 12.6. The summed E-state index contributed by atoms with van der Waals surface area (Å²) in [5, 5.41) is 29.7. The van der Waals surface area contributed by atoms with Crippen LogP contribution >= 0.6 is 11.8 Å². The number of fused-ring (bicyclic) bond motifs is 1. The molecule has 3 fully saturated rings. The first kappa shape index (κ1) is 24.8. The van der Waals surface area contributed by atoms with Crippen molar-refractivity contribution in [3.05, 3.63) is 65.3 Å². The van der Waals surface area contributed by atoms with Gasteiger partial charge < -0.3 is 15.3 Å². The molecule has 0 amide bonds. The Morgan fingerprint density at radius 2 is 2.06 bits per heavy atom. The zero-order valence-corrected chi connectivity index (χ0v) is 21.0. The van der Waals surface area contributed by atoms with E-state index in [0.717, 1.165) is 34.8 Å². The minimum atomic E-state index is -0.623. The van der Waals surface area contributed by atoms with E-state index in [9.17, 15) is 15.3 Å².